The first-order chi connectivity index (χ1) is 9.29. The summed E-state index contributed by atoms with van der Waals surface area (Å²) < 4.78 is 0. The lowest BCUT2D eigenvalue weighted by molar-refractivity contribution is 0.660. The van der Waals surface area contributed by atoms with Gasteiger partial charge in [-0.1, -0.05) is 18.9 Å². The first-order valence-electron chi connectivity index (χ1n) is 7.38. The summed E-state index contributed by atoms with van der Waals surface area (Å²) >= 11 is 1.79. The van der Waals surface area contributed by atoms with Crippen LogP contribution in [-0.4, -0.2) is 19.0 Å². The molecule has 1 aromatic heterocycles. The molecule has 0 amide bonds. The zero-order valence-corrected chi connectivity index (χ0v) is 15.5. The van der Waals surface area contributed by atoms with Gasteiger partial charge in [-0.3, -0.25) is 4.99 Å². The van der Waals surface area contributed by atoms with Crippen molar-refractivity contribution in [2.24, 2.45) is 10.9 Å². The third kappa shape index (κ3) is 6.43. The Morgan fingerprint density at radius 1 is 1.50 bits per heavy atom. The number of nitrogens with one attached hydrogen (secondary N) is 2. The molecular formula is C15H26IN3S. The van der Waals surface area contributed by atoms with E-state index in [0.717, 1.165) is 25.0 Å². The highest BCUT2D eigenvalue weighted by molar-refractivity contribution is 14.0. The van der Waals surface area contributed by atoms with Crippen molar-refractivity contribution in [3.63, 3.8) is 0 Å². The highest BCUT2D eigenvalue weighted by Gasteiger charge is 2.19. The molecule has 1 aliphatic rings. The molecular weight excluding hydrogens is 381 g/mol. The summed E-state index contributed by atoms with van der Waals surface area (Å²) in [6.07, 6.45) is 5.45. The number of hydrogen-bond donors (Lipinski definition) is 2. The van der Waals surface area contributed by atoms with Gasteiger partial charge in [-0.15, -0.1) is 35.3 Å². The van der Waals surface area contributed by atoms with Crippen molar-refractivity contribution in [2.45, 2.75) is 45.6 Å². The highest BCUT2D eigenvalue weighted by atomic mass is 127. The Bertz CT molecular complexity index is 388. The Balaban J connectivity index is 0.00000200. The van der Waals surface area contributed by atoms with Crippen LogP contribution in [-0.2, 0) is 0 Å². The van der Waals surface area contributed by atoms with Gasteiger partial charge < -0.3 is 10.6 Å². The van der Waals surface area contributed by atoms with Crippen LogP contribution in [0.1, 0.15) is 50.4 Å². The Labute approximate surface area is 143 Å². The normalized spacial score (nSPS) is 16.4. The number of thiophene rings is 1. The van der Waals surface area contributed by atoms with E-state index in [1.807, 2.05) is 0 Å². The van der Waals surface area contributed by atoms with Crippen LogP contribution in [0.3, 0.4) is 0 Å². The molecule has 20 heavy (non-hydrogen) atoms. The summed E-state index contributed by atoms with van der Waals surface area (Å²) in [7, 11) is 0. The van der Waals surface area contributed by atoms with E-state index in [2.05, 4.69) is 47.0 Å². The number of rotatable bonds is 7. The molecule has 1 heterocycles. The van der Waals surface area contributed by atoms with Gasteiger partial charge in [-0.05, 0) is 44.1 Å². The molecule has 0 aliphatic heterocycles. The molecule has 1 atom stereocenters. The van der Waals surface area contributed by atoms with E-state index in [-0.39, 0.29) is 24.0 Å². The van der Waals surface area contributed by atoms with E-state index < -0.39 is 0 Å². The van der Waals surface area contributed by atoms with Crippen molar-refractivity contribution in [1.29, 1.82) is 0 Å². The average molecular weight is 407 g/mol. The maximum atomic E-state index is 4.66. The molecule has 0 spiro atoms. The fourth-order valence-corrected chi connectivity index (χ4v) is 2.85. The van der Waals surface area contributed by atoms with E-state index >= 15 is 0 Å². The molecule has 114 valence electrons. The summed E-state index contributed by atoms with van der Waals surface area (Å²) in [6.45, 7) is 6.13. The number of nitrogens with zero attached hydrogens (tertiary/aromatic N) is 1. The Kier molecular flexibility index (Phi) is 8.52. The van der Waals surface area contributed by atoms with Gasteiger partial charge in [0, 0.05) is 18.0 Å². The van der Waals surface area contributed by atoms with Gasteiger partial charge in [0.25, 0.3) is 0 Å². The molecule has 0 bridgehead atoms. The smallest absolute Gasteiger partial charge is 0.191 e. The lowest BCUT2D eigenvalue weighted by Gasteiger charge is -2.16. The molecule has 1 fully saturated rings. The Morgan fingerprint density at radius 2 is 2.30 bits per heavy atom. The van der Waals surface area contributed by atoms with Crippen LogP contribution in [0.4, 0.5) is 0 Å². The topological polar surface area (TPSA) is 36.4 Å². The number of guanidine groups is 1. The fraction of sp³-hybridized carbons (Fsp3) is 0.667. The van der Waals surface area contributed by atoms with Gasteiger partial charge in [-0.2, -0.15) is 0 Å². The molecule has 0 saturated heterocycles. The molecule has 5 heteroatoms. The van der Waals surface area contributed by atoms with E-state index in [0.29, 0.717) is 6.04 Å². The van der Waals surface area contributed by atoms with Crippen molar-refractivity contribution in [3.05, 3.63) is 22.4 Å². The van der Waals surface area contributed by atoms with Gasteiger partial charge in [0.2, 0.25) is 0 Å². The maximum absolute atomic E-state index is 4.66. The fourth-order valence-electron chi connectivity index (χ4n) is 2.11. The summed E-state index contributed by atoms with van der Waals surface area (Å²) in [4.78, 5) is 6.01. The third-order valence-corrected chi connectivity index (χ3v) is 4.46. The molecule has 3 nitrogen and oxygen atoms in total. The van der Waals surface area contributed by atoms with Crippen LogP contribution < -0.4 is 10.6 Å². The summed E-state index contributed by atoms with van der Waals surface area (Å²) in [6, 6.07) is 4.58. The Morgan fingerprint density at radius 3 is 2.90 bits per heavy atom. The molecule has 0 radical (unpaired) electrons. The Hall–Kier alpha value is -0.300. The van der Waals surface area contributed by atoms with E-state index in [1.165, 1.54) is 30.6 Å². The van der Waals surface area contributed by atoms with Crippen LogP contribution in [0, 0.1) is 5.92 Å². The van der Waals surface area contributed by atoms with E-state index in [9.17, 15) is 0 Å². The van der Waals surface area contributed by atoms with Gasteiger partial charge in [0.05, 0.1) is 6.04 Å². The SMILES string of the molecule is CCNC(=NCCCC1CC1)NC(C)c1cccs1.I. The number of hydrogen-bond acceptors (Lipinski definition) is 2. The van der Waals surface area contributed by atoms with Crippen LogP contribution in [0.2, 0.25) is 0 Å². The average Bonchev–Trinajstić information content (AvgIpc) is 3.05. The van der Waals surface area contributed by atoms with Crippen molar-refractivity contribution in [2.75, 3.05) is 13.1 Å². The van der Waals surface area contributed by atoms with Crippen LogP contribution in [0.15, 0.2) is 22.5 Å². The highest BCUT2D eigenvalue weighted by Crippen LogP contribution is 2.33. The van der Waals surface area contributed by atoms with E-state index in [4.69, 9.17) is 0 Å². The number of halogens is 1. The van der Waals surface area contributed by atoms with E-state index in [1.54, 1.807) is 11.3 Å². The molecule has 1 unspecified atom stereocenters. The van der Waals surface area contributed by atoms with Crippen LogP contribution in [0.5, 0.6) is 0 Å². The van der Waals surface area contributed by atoms with Gasteiger partial charge in [0.1, 0.15) is 0 Å². The zero-order chi connectivity index (χ0) is 13.5. The zero-order valence-electron chi connectivity index (χ0n) is 12.4. The monoisotopic (exact) mass is 407 g/mol. The predicted molar refractivity (Wildman–Crippen MR) is 99.2 cm³/mol. The lowest BCUT2D eigenvalue weighted by atomic mass is 10.2. The summed E-state index contributed by atoms with van der Waals surface area (Å²) in [5.74, 6) is 1.95. The van der Waals surface area contributed by atoms with Crippen molar-refractivity contribution >= 4 is 41.3 Å². The third-order valence-electron chi connectivity index (χ3n) is 3.40. The predicted octanol–water partition coefficient (Wildman–Crippen LogP) is 4.17. The number of aliphatic imine (C=N–C) groups is 1. The van der Waals surface area contributed by atoms with Gasteiger partial charge >= 0.3 is 0 Å². The maximum Gasteiger partial charge on any atom is 0.191 e. The molecule has 1 saturated carbocycles. The minimum Gasteiger partial charge on any atom is -0.357 e. The second kappa shape index (κ2) is 9.60. The first-order valence-corrected chi connectivity index (χ1v) is 8.25. The second-order valence-corrected chi connectivity index (χ2v) is 6.21. The summed E-state index contributed by atoms with van der Waals surface area (Å²) in [5.41, 5.74) is 0. The molecule has 1 aromatic rings. The molecule has 2 rings (SSSR count). The molecule has 0 aromatic carbocycles. The second-order valence-electron chi connectivity index (χ2n) is 5.23. The molecule has 1 aliphatic carbocycles. The van der Waals surface area contributed by atoms with Crippen LogP contribution >= 0.6 is 35.3 Å². The van der Waals surface area contributed by atoms with Gasteiger partial charge in [-0.25, -0.2) is 0 Å². The van der Waals surface area contributed by atoms with Crippen molar-refractivity contribution in [3.8, 4) is 0 Å². The minimum absolute atomic E-state index is 0. The van der Waals surface area contributed by atoms with Crippen LogP contribution in [0.25, 0.3) is 0 Å². The largest absolute Gasteiger partial charge is 0.357 e. The molecule has 2 N–H and O–H groups in total. The quantitative estimate of drug-likeness (QED) is 0.308. The van der Waals surface area contributed by atoms with Crippen molar-refractivity contribution in [1.82, 2.24) is 10.6 Å². The van der Waals surface area contributed by atoms with Gasteiger partial charge in [0.15, 0.2) is 5.96 Å². The summed E-state index contributed by atoms with van der Waals surface area (Å²) in [5, 5.41) is 8.91. The first kappa shape index (κ1) is 17.8. The van der Waals surface area contributed by atoms with Crippen molar-refractivity contribution < 1.29 is 0 Å². The lowest BCUT2D eigenvalue weighted by Crippen LogP contribution is -2.38. The minimum atomic E-state index is 0. The standard InChI is InChI=1S/C15H25N3S.HI/c1-3-16-15(17-10-4-6-13-8-9-13)18-12(2)14-7-5-11-19-14;/h5,7,11-13H,3-4,6,8-10H2,1-2H3,(H2,16,17,18);1H.